The van der Waals surface area contributed by atoms with Crippen molar-refractivity contribution in [3.8, 4) is 0 Å². The van der Waals surface area contributed by atoms with Crippen LogP contribution >= 0.6 is 0 Å². The van der Waals surface area contributed by atoms with Crippen molar-refractivity contribution in [1.29, 1.82) is 0 Å². The van der Waals surface area contributed by atoms with E-state index in [0.717, 1.165) is 0 Å². The zero-order chi connectivity index (χ0) is 10.1. The van der Waals surface area contributed by atoms with E-state index in [-0.39, 0.29) is 13.1 Å². The van der Waals surface area contributed by atoms with Crippen molar-refractivity contribution in [3.05, 3.63) is 0 Å². The lowest BCUT2D eigenvalue weighted by Crippen LogP contribution is -2.51. The summed E-state index contributed by atoms with van der Waals surface area (Å²) < 4.78 is 46.1. The number of nitrogens with one attached hydrogen (secondary N) is 1. The minimum atomic E-state index is -4.59. The fraction of sp³-hybridized carbons (Fsp3) is 0.800. The number of halogens is 2. The van der Waals surface area contributed by atoms with Gasteiger partial charge in [-0.3, -0.25) is 4.79 Å². The van der Waals surface area contributed by atoms with Gasteiger partial charge in [0.05, 0.1) is 6.54 Å². The van der Waals surface area contributed by atoms with Gasteiger partial charge in [-0.2, -0.15) is 13.1 Å². The molecule has 5 nitrogen and oxygen atoms in total. The van der Waals surface area contributed by atoms with Crippen LogP contribution in [0, 0.1) is 0 Å². The largest absolute Gasteiger partial charge is 0.354 e. The molecule has 0 aromatic carbocycles. The molecule has 13 heavy (non-hydrogen) atoms. The van der Waals surface area contributed by atoms with Crippen molar-refractivity contribution in [2.75, 3.05) is 19.6 Å². The van der Waals surface area contributed by atoms with Crippen molar-refractivity contribution >= 4 is 15.9 Å². The first kappa shape index (κ1) is 10.3. The second-order valence-corrected chi connectivity index (χ2v) is 4.39. The topological polar surface area (TPSA) is 66.5 Å². The summed E-state index contributed by atoms with van der Waals surface area (Å²) in [5.41, 5.74) is 0. The SMILES string of the molecule is O=C1CN(S(=O)(=O)C(F)F)CCN1. The van der Waals surface area contributed by atoms with Crippen LogP contribution in [0.1, 0.15) is 0 Å². The maximum absolute atomic E-state index is 12.0. The highest BCUT2D eigenvalue weighted by Crippen LogP contribution is 2.12. The third-order valence-electron chi connectivity index (χ3n) is 1.59. The van der Waals surface area contributed by atoms with E-state index in [9.17, 15) is 22.0 Å². The first-order chi connectivity index (χ1) is 5.94. The van der Waals surface area contributed by atoms with Gasteiger partial charge in [0.2, 0.25) is 5.91 Å². The highest BCUT2D eigenvalue weighted by atomic mass is 32.2. The van der Waals surface area contributed by atoms with E-state index in [1.807, 2.05) is 0 Å². The van der Waals surface area contributed by atoms with Crippen molar-refractivity contribution in [1.82, 2.24) is 9.62 Å². The van der Waals surface area contributed by atoms with Gasteiger partial charge in [0.25, 0.3) is 10.0 Å². The van der Waals surface area contributed by atoms with Crippen molar-refractivity contribution < 1.29 is 22.0 Å². The number of hydrogen-bond donors (Lipinski definition) is 1. The minimum absolute atomic E-state index is 0.0742. The quantitative estimate of drug-likeness (QED) is 0.639. The van der Waals surface area contributed by atoms with E-state index in [0.29, 0.717) is 4.31 Å². The van der Waals surface area contributed by atoms with Gasteiger partial charge in [-0.15, -0.1) is 0 Å². The van der Waals surface area contributed by atoms with Crippen LogP contribution in [0.25, 0.3) is 0 Å². The standard InChI is InChI=1S/C5H8F2N2O3S/c6-5(7)13(11,12)9-2-1-8-4(10)3-9/h5H,1-3H2,(H,8,10). The lowest BCUT2D eigenvalue weighted by molar-refractivity contribution is -0.122. The molecule has 0 spiro atoms. The minimum Gasteiger partial charge on any atom is -0.354 e. The molecular formula is C5H8F2N2O3S. The summed E-state index contributed by atoms with van der Waals surface area (Å²) in [4.78, 5) is 10.7. The van der Waals surface area contributed by atoms with Crippen LogP contribution in [-0.2, 0) is 14.8 Å². The average Bonchev–Trinajstić information content (AvgIpc) is 2.04. The smallest absolute Gasteiger partial charge is 0.350 e. The van der Waals surface area contributed by atoms with Gasteiger partial charge in [-0.05, 0) is 0 Å². The maximum atomic E-state index is 12.0. The molecule has 0 atom stereocenters. The number of nitrogens with zero attached hydrogens (tertiary/aromatic N) is 1. The summed E-state index contributed by atoms with van der Waals surface area (Å²) in [5, 5.41) is 2.33. The Hall–Kier alpha value is -0.760. The molecule has 1 aliphatic heterocycles. The number of alkyl halides is 2. The van der Waals surface area contributed by atoms with Gasteiger partial charge in [-0.25, -0.2) is 8.42 Å². The van der Waals surface area contributed by atoms with Gasteiger partial charge >= 0.3 is 5.76 Å². The number of piperazine rings is 1. The zero-order valence-electron chi connectivity index (χ0n) is 6.53. The van der Waals surface area contributed by atoms with E-state index < -0.39 is 28.2 Å². The molecule has 1 saturated heterocycles. The first-order valence-corrected chi connectivity index (χ1v) is 4.98. The normalized spacial score (nSPS) is 20.4. The molecular weight excluding hydrogens is 206 g/mol. The summed E-state index contributed by atoms with van der Waals surface area (Å²) in [6.45, 7) is -0.546. The Morgan fingerprint density at radius 1 is 1.46 bits per heavy atom. The molecule has 1 fully saturated rings. The molecule has 1 rings (SSSR count). The van der Waals surface area contributed by atoms with Crippen LogP contribution in [0.15, 0.2) is 0 Å². The van der Waals surface area contributed by atoms with E-state index >= 15 is 0 Å². The van der Waals surface area contributed by atoms with Crippen molar-refractivity contribution in [2.24, 2.45) is 0 Å². The van der Waals surface area contributed by atoms with Crippen LogP contribution < -0.4 is 5.32 Å². The number of carbonyl (C=O) groups is 1. The predicted octanol–water partition coefficient (Wildman–Crippen LogP) is -1.03. The Balaban J connectivity index is 2.77. The second-order valence-electron chi connectivity index (χ2n) is 2.49. The van der Waals surface area contributed by atoms with Crippen LogP contribution in [0.4, 0.5) is 8.78 Å². The summed E-state index contributed by atoms with van der Waals surface area (Å²) >= 11 is 0. The first-order valence-electron chi connectivity index (χ1n) is 3.48. The average molecular weight is 214 g/mol. The fourth-order valence-electron chi connectivity index (χ4n) is 0.945. The number of sulfonamides is 1. The highest BCUT2D eigenvalue weighted by molar-refractivity contribution is 7.89. The zero-order valence-corrected chi connectivity index (χ0v) is 7.35. The molecule has 1 aliphatic rings. The predicted molar refractivity (Wildman–Crippen MR) is 39.5 cm³/mol. The van der Waals surface area contributed by atoms with Crippen LogP contribution in [0.5, 0.6) is 0 Å². The summed E-state index contributed by atoms with van der Waals surface area (Å²) in [6.07, 6.45) is 0. The van der Waals surface area contributed by atoms with Crippen LogP contribution in [-0.4, -0.2) is 44.0 Å². The highest BCUT2D eigenvalue weighted by Gasteiger charge is 2.34. The molecule has 1 heterocycles. The molecule has 0 bridgehead atoms. The van der Waals surface area contributed by atoms with E-state index in [1.165, 1.54) is 0 Å². The molecule has 0 aliphatic carbocycles. The lowest BCUT2D eigenvalue weighted by Gasteiger charge is -2.25. The Labute approximate surface area is 73.8 Å². The number of amides is 1. The summed E-state index contributed by atoms with van der Waals surface area (Å²) in [5.74, 6) is -4.02. The molecule has 0 saturated carbocycles. The number of hydrogen-bond acceptors (Lipinski definition) is 3. The van der Waals surface area contributed by atoms with Crippen LogP contribution in [0.3, 0.4) is 0 Å². The Bertz CT molecular complexity index is 303. The van der Waals surface area contributed by atoms with E-state index in [4.69, 9.17) is 0 Å². The van der Waals surface area contributed by atoms with Crippen molar-refractivity contribution in [3.63, 3.8) is 0 Å². The molecule has 8 heteroatoms. The third kappa shape index (κ3) is 2.13. The summed E-state index contributed by atoms with van der Waals surface area (Å²) in [6, 6.07) is 0. The Morgan fingerprint density at radius 2 is 2.08 bits per heavy atom. The van der Waals surface area contributed by atoms with Gasteiger partial charge in [-0.1, -0.05) is 0 Å². The molecule has 0 aromatic heterocycles. The van der Waals surface area contributed by atoms with Gasteiger partial charge in [0, 0.05) is 13.1 Å². The monoisotopic (exact) mass is 214 g/mol. The van der Waals surface area contributed by atoms with Gasteiger partial charge in [0.1, 0.15) is 0 Å². The third-order valence-corrected chi connectivity index (χ3v) is 3.07. The molecule has 0 aromatic rings. The Morgan fingerprint density at radius 3 is 2.54 bits per heavy atom. The summed E-state index contributed by atoms with van der Waals surface area (Å²) in [7, 11) is -4.59. The number of carbonyl (C=O) groups excluding carboxylic acids is 1. The molecule has 1 amide bonds. The van der Waals surface area contributed by atoms with Crippen molar-refractivity contribution in [2.45, 2.75) is 5.76 Å². The maximum Gasteiger partial charge on any atom is 0.350 e. The Kier molecular flexibility index (Phi) is 2.81. The van der Waals surface area contributed by atoms with E-state index in [1.54, 1.807) is 0 Å². The second kappa shape index (κ2) is 3.54. The molecule has 0 unspecified atom stereocenters. The molecule has 76 valence electrons. The van der Waals surface area contributed by atoms with Gasteiger partial charge < -0.3 is 5.32 Å². The lowest BCUT2D eigenvalue weighted by atomic mass is 10.4. The molecule has 1 N–H and O–H groups in total. The van der Waals surface area contributed by atoms with E-state index in [2.05, 4.69) is 5.32 Å². The van der Waals surface area contributed by atoms with Crippen LogP contribution in [0.2, 0.25) is 0 Å². The van der Waals surface area contributed by atoms with Gasteiger partial charge in [0.15, 0.2) is 0 Å². The fourth-order valence-corrected chi connectivity index (χ4v) is 1.81. The molecule has 0 radical (unpaired) electrons. The number of rotatable bonds is 2.